The zero-order valence-corrected chi connectivity index (χ0v) is 11.4. The summed E-state index contributed by atoms with van der Waals surface area (Å²) in [5.41, 5.74) is 0.306. The van der Waals surface area contributed by atoms with Crippen LogP contribution in [0, 0.1) is 0 Å². The molecule has 0 aliphatic carbocycles. The zero-order chi connectivity index (χ0) is 12.0. The summed E-state index contributed by atoms with van der Waals surface area (Å²) >= 11 is 0. The molecule has 0 unspecified atom stereocenters. The van der Waals surface area contributed by atoms with Crippen molar-refractivity contribution >= 4 is 0 Å². The minimum absolute atomic E-state index is 0.306. The van der Waals surface area contributed by atoms with E-state index >= 15 is 0 Å². The molecule has 0 atom stereocenters. The summed E-state index contributed by atoms with van der Waals surface area (Å²) < 4.78 is 5.48. The Morgan fingerprint density at radius 3 is 2.19 bits per heavy atom. The average Bonchev–Trinajstić information content (AvgIpc) is 2.31. The number of nitrogens with one attached hydrogen (secondary N) is 1. The molecule has 0 spiro atoms. The number of ether oxygens (including phenoxy) is 1. The number of likely N-dealkylation sites (N-methyl/N-ethyl adjacent to an activating group) is 1. The second-order valence-corrected chi connectivity index (χ2v) is 5.13. The molecule has 0 aromatic rings. The summed E-state index contributed by atoms with van der Waals surface area (Å²) in [6.07, 6.45) is 4.73. The van der Waals surface area contributed by atoms with Gasteiger partial charge in [-0.25, -0.2) is 0 Å². The third-order valence-corrected chi connectivity index (χ3v) is 4.08. The number of hydrogen-bond donors (Lipinski definition) is 1. The van der Waals surface area contributed by atoms with Gasteiger partial charge in [-0.3, -0.25) is 0 Å². The first-order valence-electron chi connectivity index (χ1n) is 6.63. The van der Waals surface area contributed by atoms with E-state index in [1.54, 1.807) is 0 Å². The van der Waals surface area contributed by atoms with E-state index in [0.29, 0.717) is 11.6 Å². The van der Waals surface area contributed by atoms with Crippen LogP contribution in [0.15, 0.2) is 0 Å². The fourth-order valence-electron chi connectivity index (χ4n) is 2.45. The highest BCUT2D eigenvalue weighted by Crippen LogP contribution is 2.25. The predicted molar refractivity (Wildman–Crippen MR) is 68.8 cm³/mol. The van der Waals surface area contributed by atoms with Crippen molar-refractivity contribution in [2.75, 3.05) is 33.9 Å². The smallest absolute Gasteiger partial charge is 0.0484 e. The molecule has 3 heteroatoms. The van der Waals surface area contributed by atoms with Gasteiger partial charge in [-0.05, 0) is 39.8 Å². The topological polar surface area (TPSA) is 24.5 Å². The normalized spacial score (nSPS) is 20.6. The molecule has 0 aromatic heterocycles. The molecule has 96 valence electrons. The van der Waals surface area contributed by atoms with Crippen LogP contribution in [-0.4, -0.2) is 50.3 Å². The van der Waals surface area contributed by atoms with Crippen LogP contribution in [0.1, 0.15) is 39.5 Å². The molecular weight excluding hydrogens is 200 g/mol. The maximum Gasteiger partial charge on any atom is 0.0484 e. The lowest BCUT2D eigenvalue weighted by molar-refractivity contribution is -0.00835. The quantitative estimate of drug-likeness (QED) is 0.751. The minimum atomic E-state index is 0.306. The lowest BCUT2D eigenvalue weighted by Crippen LogP contribution is -2.56. The number of nitrogens with zero attached hydrogens (tertiary/aromatic N) is 1. The second-order valence-electron chi connectivity index (χ2n) is 5.13. The van der Waals surface area contributed by atoms with E-state index in [9.17, 15) is 0 Å². The van der Waals surface area contributed by atoms with E-state index in [4.69, 9.17) is 4.74 Å². The Labute approximate surface area is 101 Å². The van der Waals surface area contributed by atoms with Gasteiger partial charge in [0, 0.05) is 31.3 Å². The van der Waals surface area contributed by atoms with Crippen LogP contribution in [0.25, 0.3) is 0 Å². The van der Waals surface area contributed by atoms with Crippen LogP contribution in [-0.2, 0) is 4.74 Å². The van der Waals surface area contributed by atoms with Crippen molar-refractivity contribution in [2.24, 2.45) is 0 Å². The molecule has 0 amide bonds. The molecule has 1 N–H and O–H groups in total. The first-order valence-corrected chi connectivity index (χ1v) is 6.63. The largest absolute Gasteiger partial charge is 0.381 e. The third kappa shape index (κ3) is 3.44. The van der Waals surface area contributed by atoms with Gasteiger partial charge in [0.05, 0.1) is 0 Å². The standard InChI is InChI=1S/C13H28N2O/c1-5-12(6-2)14-11-13(15(3)4)7-9-16-10-8-13/h12,14H,5-11H2,1-4H3. The van der Waals surface area contributed by atoms with Crippen LogP contribution < -0.4 is 5.32 Å². The average molecular weight is 228 g/mol. The first kappa shape index (κ1) is 13.9. The van der Waals surface area contributed by atoms with E-state index in [1.165, 1.54) is 12.8 Å². The van der Waals surface area contributed by atoms with E-state index in [-0.39, 0.29) is 0 Å². The highest BCUT2D eigenvalue weighted by Gasteiger charge is 2.34. The van der Waals surface area contributed by atoms with Crippen molar-refractivity contribution in [3.05, 3.63) is 0 Å². The first-order chi connectivity index (χ1) is 7.64. The maximum atomic E-state index is 5.48. The van der Waals surface area contributed by atoms with Crippen molar-refractivity contribution < 1.29 is 4.74 Å². The summed E-state index contributed by atoms with van der Waals surface area (Å²) in [7, 11) is 4.39. The molecule has 16 heavy (non-hydrogen) atoms. The van der Waals surface area contributed by atoms with Gasteiger partial charge in [0.15, 0.2) is 0 Å². The maximum absolute atomic E-state index is 5.48. The van der Waals surface area contributed by atoms with Crippen molar-refractivity contribution in [1.29, 1.82) is 0 Å². The molecule has 1 fully saturated rings. The number of hydrogen-bond acceptors (Lipinski definition) is 3. The second kappa shape index (κ2) is 6.58. The van der Waals surface area contributed by atoms with Crippen LogP contribution in [0.2, 0.25) is 0 Å². The monoisotopic (exact) mass is 228 g/mol. The third-order valence-electron chi connectivity index (χ3n) is 4.08. The van der Waals surface area contributed by atoms with Gasteiger partial charge in [0.2, 0.25) is 0 Å². The van der Waals surface area contributed by atoms with Gasteiger partial charge in [-0.2, -0.15) is 0 Å². The molecule has 3 nitrogen and oxygen atoms in total. The lowest BCUT2D eigenvalue weighted by Gasteiger charge is -2.43. The van der Waals surface area contributed by atoms with Crippen LogP contribution in [0.5, 0.6) is 0 Å². The Bertz CT molecular complexity index is 184. The molecule has 0 saturated carbocycles. The van der Waals surface area contributed by atoms with Gasteiger partial charge >= 0.3 is 0 Å². The van der Waals surface area contributed by atoms with E-state index in [2.05, 4.69) is 38.2 Å². The summed E-state index contributed by atoms with van der Waals surface area (Å²) in [6.45, 7) is 7.42. The Balaban J connectivity index is 2.50. The molecular formula is C13H28N2O. The van der Waals surface area contributed by atoms with Gasteiger partial charge in [0.25, 0.3) is 0 Å². The van der Waals surface area contributed by atoms with Crippen LogP contribution in [0.4, 0.5) is 0 Å². The van der Waals surface area contributed by atoms with Crippen molar-refractivity contribution in [1.82, 2.24) is 10.2 Å². The zero-order valence-electron chi connectivity index (χ0n) is 11.4. The molecule has 1 aliphatic rings. The van der Waals surface area contributed by atoms with E-state index in [1.807, 2.05) is 0 Å². The van der Waals surface area contributed by atoms with Crippen LogP contribution >= 0.6 is 0 Å². The van der Waals surface area contributed by atoms with Crippen molar-refractivity contribution in [2.45, 2.75) is 51.1 Å². The van der Waals surface area contributed by atoms with Gasteiger partial charge in [-0.15, -0.1) is 0 Å². The van der Waals surface area contributed by atoms with Crippen molar-refractivity contribution in [3.63, 3.8) is 0 Å². The summed E-state index contributed by atoms with van der Waals surface area (Å²) in [5, 5.41) is 3.71. The Hall–Kier alpha value is -0.120. The van der Waals surface area contributed by atoms with Crippen molar-refractivity contribution in [3.8, 4) is 0 Å². The highest BCUT2D eigenvalue weighted by molar-refractivity contribution is 4.92. The molecule has 1 rings (SSSR count). The molecule has 1 saturated heterocycles. The Kier molecular flexibility index (Phi) is 5.73. The minimum Gasteiger partial charge on any atom is -0.381 e. The molecule has 0 aromatic carbocycles. The van der Waals surface area contributed by atoms with Crippen LogP contribution in [0.3, 0.4) is 0 Å². The highest BCUT2D eigenvalue weighted by atomic mass is 16.5. The van der Waals surface area contributed by atoms with Gasteiger partial charge < -0.3 is 15.0 Å². The summed E-state index contributed by atoms with van der Waals surface area (Å²) in [5.74, 6) is 0. The predicted octanol–water partition coefficient (Wildman–Crippen LogP) is 1.88. The Morgan fingerprint density at radius 2 is 1.75 bits per heavy atom. The van der Waals surface area contributed by atoms with Gasteiger partial charge in [-0.1, -0.05) is 13.8 Å². The van der Waals surface area contributed by atoms with E-state index < -0.39 is 0 Å². The van der Waals surface area contributed by atoms with Gasteiger partial charge in [0.1, 0.15) is 0 Å². The summed E-state index contributed by atoms with van der Waals surface area (Å²) in [4.78, 5) is 2.38. The number of rotatable bonds is 6. The lowest BCUT2D eigenvalue weighted by atomic mass is 9.88. The fraction of sp³-hybridized carbons (Fsp3) is 1.00. The van der Waals surface area contributed by atoms with E-state index in [0.717, 1.165) is 32.6 Å². The summed E-state index contributed by atoms with van der Waals surface area (Å²) in [6, 6.07) is 0.666. The Morgan fingerprint density at radius 1 is 1.19 bits per heavy atom. The molecule has 1 aliphatic heterocycles. The molecule has 0 bridgehead atoms. The SMILES string of the molecule is CCC(CC)NCC1(N(C)C)CCOCC1. The fourth-order valence-corrected chi connectivity index (χ4v) is 2.45. The molecule has 1 heterocycles. The molecule has 0 radical (unpaired) electrons.